The maximum Gasteiger partial charge on any atom is 0.126 e. The van der Waals surface area contributed by atoms with E-state index in [2.05, 4.69) is 0 Å². The van der Waals surface area contributed by atoms with Gasteiger partial charge in [0.1, 0.15) is 11.6 Å². The molecule has 108 valence electrons. The van der Waals surface area contributed by atoms with E-state index in [1.807, 2.05) is 27.7 Å². The number of ether oxygens (including phenoxy) is 1. The van der Waals surface area contributed by atoms with Crippen LogP contribution in [-0.2, 0) is 11.2 Å². The number of hydrogen-bond acceptors (Lipinski definition) is 2. The Kier molecular flexibility index (Phi) is 5.44. The number of nitrogens with two attached hydrogens (primary N) is 1. The standard InChI is InChI=1S/C15H23F2NO/c1-5-19-14(15(2,3)4)13(18)8-10-6-11(16)9-12(17)7-10/h6-7,9,13-14H,5,8,18H2,1-4H3. The molecule has 0 saturated carbocycles. The molecule has 1 rings (SSSR count). The van der Waals surface area contributed by atoms with Crippen LogP contribution in [0.25, 0.3) is 0 Å². The lowest BCUT2D eigenvalue weighted by molar-refractivity contribution is -0.0274. The highest BCUT2D eigenvalue weighted by molar-refractivity contribution is 5.19. The molecule has 0 heterocycles. The smallest absolute Gasteiger partial charge is 0.126 e. The third-order valence-corrected chi connectivity index (χ3v) is 2.98. The molecule has 2 nitrogen and oxygen atoms in total. The zero-order valence-electron chi connectivity index (χ0n) is 12.0. The molecule has 0 amide bonds. The zero-order valence-corrected chi connectivity index (χ0v) is 12.0. The first-order chi connectivity index (χ1) is 8.74. The summed E-state index contributed by atoms with van der Waals surface area (Å²) in [6.07, 6.45) is 0.222. The van der Waals surface area contributed by atoms with Crippen molar-refractivity contribution in [2.45, 2.75) is 46.3 Å². The minimum absolute atomic E-state index is 0.124. The number of hydrogen-bond donors (Lipinski definition) is 1. The lowest BCUT2D eigenvalue weighted by Gasteiger charge is -2.35. The quantitative estimate of drug-likeness (QED) is 0.892. The van der Waals surface area contributed by atoms with Gasteiger partial charge in [0.2, 0.25) is 0 Å². The van der Waals surface area contributed by atoms with Crippen molar-refractivity contribution in [3.05, 3.63) is 35.4 Å². The van der Waals surface area contributed by atoms with Gasteiger partial charge in [-0.3, -0.25) is 0 Å². The fourth-order valence-corrected chi connectivity index (χ4v) is 2.30. The Hall–Kier alpha value is -1.00. The highest BCUT2D eigenvalue weighted by Gasteiger charge is 2.30. The van der Waals surface area contributed by atoms with E-state index in [-0.39, 0.29) is 17.6 Å². The maximum absolute atomic E-state index is 13.1. The molecule has 0 saturated heterocycles. The fraction of sp³-hybridized carbons (Fsp3) is 0.600. The van der Waals surface area contributed by atoms with E-state index in [0.717, 1.165) is 6.07 Å². The van der Waals surface area contributed by atoms with Crippen molar-refractivity contribution >= 4 is 0 Å². The molecule has 4 heteroatoms. The predicted molar refractivity (Wildman–Crippen MR) is 72.9 cm³/mol. The maximum atomic E-state index is 13.1. The van der Waals surface area contributed by atoms with Crippen LogP contribution in [0.1, 0.15) is 33.3 Å². The third-order valence-electron chi connectivity index (χ3n) is 2.98. The van der Waals surface area contributed by atoms with Crippen LogP contribution in [0.2, 0.25) is 0 Å². The molecule has 0 radical (unpaired) electrons. The second-order valence-corrected chi connectivity index (χ2v) is 5.89. The summed E-state index contributed by atoms with van der Waals surface area (Å²) in [5, 5.41) is 0. The van der Waals surface area contributed by atoms with Crippen molar-refractivity contribution in [2.24, 2.45) is 11.1 Å². The van der Waals surface area contributed by atoms with Gasteiger partial charge in [0.25, 0.3) is 0 Å². The van der Waals surface area contributed by atoms with E-state index < -0.39 is 11.6 Å². The van der Waals surface area contributed by atoms with E-state index in [1.165, 1.54) is 12.1 Å². The Morgan fingerprint density at radius 2 is 1.68 bits per heavy atom. The number of halogens is 2. The normalized spacial score (nSPS) is 15.3. The van der Waals surface area contributed by atoms with Crippen LogP contribution in [-0.4, -0.2) is 18.8 Å². The van der Waals surface area contributed by atoms with E-state index in [0.29, 0.717) is 18.6 Å². The molecule has 2 atom stereocenters. The molecule has 0 aromatic heterocycles. The first-order valence-corrected chi connectivity index (χ1v) is 6.56. The Morgan fingerprint density at radius 3 is 2.11 bits per heavy atom. The predicted octanol–water partition coefficient (Wildman–Crippen LogP) is 3.29. The molecule has 1 aromatic rings. The summed E-state index contributed by atoms with van der Waals surface area (Å²) in [7, 11) is 0. The van der Waals surface area contributed by atoms with Crippen molar-refractivity contribution in [3.8, 4) is 0 Å². The first kappa shape index (κ1) is 16.1. The van der Waals surface area contributed by atoms with Gasteiger partial charge in [-0.15, -0.1) is 0 Å². The monoisotopic (exact) mass is 271 g/mol. The van der Waals surface area contributed by atoms with Gasteiger partial charge < -0.3 is 10.5 Å². The van der Waals surface area contributed by atoms with Gasteiger partial charge in [-0.1, -0.05) is 20.8 Å². The second kappa shape index (κ2) is 6.44. The lowest BCUT2D eigenvalue weighted by atomic mass is 9.82. The van der Waals surface area contributed by atoms with Crippen LogP contribution in [0.3, 0.4) is 0 Å². The molecular formula is C15H23F2NO. The van der Waals surface area contributed by atoms with Crippen LogP contribution in [0.4, 0.5) is 8.78 Å². The highest BCUT2D eigenvalue weighted by atomic mass is 19.1. The molecule has 19 heavy (non-hydrogen) atoms. The minimum atomic E-state index is -0.578. The molecule has 2 N–H and O–H groups in total. The summed E-state index contributed by atoms with van der Waals surface area (Å²) >= 11 is 0. The Bertz CT molecular complexity index is 395. The summed E-state index contributed by atoms with van der Waals surface area (Å²) in [5.41, 5.74) is 6.58. The van der Waals surface area contributed by atoms with Gasteiger partial charge in [0.15, 0.2) is 0 Å². The van der Waals surface area contributed by atoms with Gasteiger partial charge in [0, 0.05) is 18.7 Å². The Labute approximate surface area is 114 Å². The van der Waals surface area contributed by atoms with Crippen molar-refractivity contribution in [1.82, 2.24) is 0 Å². The summed E-state index contributed by atoms with van der Waals surface area (Å²) in [4.78, 5) is 0. The van der Waals surface area contributed by atoms with Gasteiger partial charge in [-0.2, -0.15) is 0 Å². The van der Waals surface area contributed by atoms with Crippen molar-refractivity contribution in [1.29, 1.82) is 0 Å². The van der Waals surface area contributed by atoms with Crippen LogP contribution < -0.4 is 5.73 Å². The summed E-state index contributed by atoms with van der Waals surface area (Å²) in [6.45, 7) is 8.60. The van der Waals surface area contributed by atoms with E-state index in [4.69, 9.17) is 10.5 Å². The molecule has 0 aliphatic carbocycles. The van der Waals surface area contributed by atoms with Gasteiger partial charge in [0.05, 0.1) is 6.10 Å². The average molecular weight is 271 g/mol. The molecule has 0 aliphatic rings. The van der Waals surface area contributed by atoms with E-state index in [1.54, 1.807) is 0 Å². The van der Waals surface area contributed by atoms with Crippen molar-refractivity contribution in [2.75, 3.05) is 6.61 Å². The molecule has 2 unspecified atom stereocenters. The number of rotatable bonds is 5. The molecule has 0 fully saturated rings. The van der Waals surface area contributed by atoms with Crippen molar-refractivity contribution in [3.63, 3.8) is 0 Å². The van der Waals surface area contributed by atoms with E-state index in [9.17, 15) is 8.78 Å². The largest absolute Gasteiger partial charge is 0.376 e. The Balaban J connectivity index is 2.84. The summed E-state index contributed by atoms with van der Waals surface area (Å²) in [5.74, 6) is -1.16. The van der Waals surface area contributed by atoms with Gasteiger partial charge in [-0.25, -0.2) is 8.78 Å². The molecule has 0 spiro atoms. The topological polar surface area (TPSA) is 35.2 Å². The molecule has 0 bridgehead atoms. The Morgan fingerprint density at radius 1 is 1.16 bits per heavy atom. The van der Waals surface area contributed by atoms with Gasteiger partial charge in [-0.05, 0) is 36.5 Å². The number of benzene rings is 1. The highest BCUT2D eigenvalue weighted by Crippen LogP contribution is 2.26. The zero-order chi connectivity index (χ0) is 14.6. The van der Waals surface area contributed by atoms with Crippen LogP contribution in [0, 0.1) is 17.0 Å². The fourth-order valence-electron chi connectivity index (χ4n) is 2.30. The third kappa shape index (κ3) is 4.88. The van der Waals surface area contributed by atoms with Crippen LogP contribution in [0.15, 0.2) is 18.2 Å². The van der Waals surface area contributed by atoms with Crippen molar-refractivity contribution < 1.29 is 13.5 Å². The van der Waals surface area contributed by atoms with Gasteiger partial charge >= 0.3 is 0 Å². The van der Waals surface area contributed by atoms with E-state index >= 15 is 0 Å². The summed E-state index contributed by atoms with van der Waals surface area (Å²) < 4.78 is 32.0. The molecule has 0 aliphatic heterocycles. The molecule has 1 aromatic carbocycles. The lowest BCUT2D eigenvalue weighted by Crippen LogP contribution is -2.46. The summed E-state index contributed by atoms with van der Waals surface area (Å²) in [6, 6.07) is 3.18. The second-order valence-electron chi connectivity index (χ2n) is 5.89. The molecular weight excluding hydrogens is 248 g/mol. The first-order valence-electron chi connectivity index (χ1n) is 6.56. The minimum Gasteiger partial charge on any atom is -0.376 e. The van der Waals surface area contributed by atoms with Crippen LogP contribution in [0.5, 0.6) is 0 Å². The average Bonchev–Trinajstić information content (AvgIpc) is 2.22. The SMILES string of the molecule is CCOC(C(N)Cc1cc(F)cc(F)c1)C(C)(C)C. The van der Waals surface area contributed by atoms with Crippen LogP contribution >= 0.6 is 0 Å².